The SMILES string of the molecule is CCCOc1ccc(/C=N/NC(=O)CSc2nc(-c3ccccc3)cs2)cc1OC. The zero-order chi connectivity index (χ0) is 21.2. The van der Waals surface area contributed by atoms with E-state index in [9.17, 15) is 4.79 Å². The Hall–Kier alpha value is -2.84. The predicted octanol–water partition coefficient (Wildman–Crippen LogP) is 4.85. The number of methoxy groups -OCH3 is 1. The molecule has 0 radical (unpaired) electrons. The van der Waals surface area contributed by atoms with E-state index in [1.54, 1.807) is 13.3 Å². The fourth-order valence-electron chi connectivity index (χ4n) is 2.50. The molecule has 3 aromatic rings. The van der Waals surface area contributed by atoms with Crippen LogP contribution in [0.3, 0.4) is 0 Å². The van der Waals surface area contributed by atoms with Crippen molar-refractivity contribution in [3.63, 3.8) is 0 Å². The number of thiazole rings is 1. The number of hydrogen-bond acceptors (Lipinski definition) is 7. The topological polar surface area (TPSA) is 72.8 Å². The summed E-state index contributed by atoms with van der Waals surface area (Å²) in [6.07, 6.45) is 2.50. The summed E-state index contributed by atoms with van der Waals surface area (Å²) in [4.78, 5) is 16.6. The first kappa shape index (κ1) is 21.9. The van der Waals surface area contributed by atoms with Gasteiger partial charge in [-0.3, -0.25) is 4.79 Å². The summed E-state index contributed by atoms with van der Waals surface area (Å²) >= 11 is 2.92. The molecule has 0 saturated heterocycles. The van der Waals surface area contributed by atoms with Crippen molar-refractivity contribution in [3.05, 3.63) is 59.5 Å². The summed E-state index contributed by atoms with van der Waals surface area (Å²) in [6.45, 7) is 2.68. The fraction of sp³-hybridized carbons (Fsp3) is 0.227. The number of amides is 1. The molecule has 30 heavy (non-hydrogen) atoms. The van der Waals surface area contributed by atoms with Crippen LogP contribution >= 0.6 is 23.1 Å². The molecular formula is C22H23N3O3S2. The average molecular weight is 442 g/mol. The highest BCUT2D eigenvalue weighted by atomic mass is 32.2. The number of nitrogens with zero attached hydrogens (tertiary/aromatic N) is 2. The van der Waals surface area contributed by atoms with Crippen LogP contribution in [-0.4, -0.2) is 36.6 Å². The van der Waals surface area contributed by atoms with Gasteiger partial charge in [-0.05, 0) is 30.2 Å². The smallest absolute Gasteiger partial charge is 0.250 e. The minimum absolute atomic E-state index is 0.192. The molecule has 3 rings (SSSR count). The number of hydrazone groups is 1. The van der Waals surface area contributed by atoms with Crippen LogP contribution in [0.1, 0.15) is 18.9 Å². The van der Waals surface area contributed by atoms with Crippen molar-refractivity contribution in [2.45, 2.75) is 17.7 Å². The molecule has 1 amide bonds. The van der Waals surface area contributed by atoms with E-state index in [0.717, 1.165) is 27.6 Å². The zero-order valence-corrected chi connectivity index (χ0v) is 18.5. The number of carbonyl (C=O) groups is 1. The number of carbonyl (C=O) groups excluding carboxylic acids is 1. The summed E-state index contributed by atoms with van der Waals surface area (Å²) in [5.74, 6) is 1.37. The van der Waals surface area contributed by atoms with E-state index in [-0.39, 0.29) is 11.7 Å². The Bertz CT molecular complexity index is 990. The lowest BCUT2D eigenvalue weighted by molar-refractivity contribution is -0.118. The molecule has 0 atom stereocenters. The van der Waals surface area contributed by atoms with Crippen molar-refractivity contribution in [1.29, 1.82) is 0 Å². The van der Waals surface area contributed by atoms with Crippen LogP contribution in [0.25, 0.3) is 11.3 Å². The number of hydrogen-bond donors (Lipinski definition) is 1. The Labute approximate surface area is 184 Å². The van der Waals surface area contributed by atoms with Gasteiger partial charge >= 0.3 is 0 Å². The van der Waals surface area contributed by atoms with Crippen molar-refractivity contribution in [1.82, 2.24) is 10.4 Å². The third kappa shape index (κ3) is 6.33. The second kappa shape index (κ2) is 11.4. The summed E-state index contributed by atoms with van der Waals surface area (Å²) in [5.41, 5.74) is 5.33. The lowest BCUT2D eigenvalue weighted by Crippen LogP contribution is -2.19. The van der Waals surface area contributed by atoms with E-state index in [2.05, 4.69) is 15.5 Å². The van der Waals surface area contributed by atoms with Crippen LogP contribution in [-0.2, 0) is 4.79 Å². The molecule has 0 aliphatic carbocycles. The van der Waals surface area contributed by atoms with Crippen molar-refractivity contribution in [2.24, 2.45) is 5.10 Å². The van der Waals surface area contributed by atoms with Crippen LogP contribution in [0, 0.1) is 0 Å². The molecular weight excluding hydrogens is 418 g/mol. The summed E-state index contributed by atoms with van der Waals surface area (Å²) in [6, 6.07) is 15.5. The van der Waals surface area contributed by atoms with Gasteiger partial charge in [0.05, 0.1) is 31.4 Å². The van der Waals surface area contributed by atoms with Crippen molar-refractivity contribution in [2.75, 3.05) is 19.5 Å². The van der Waals surface area contributed by atoms with E-state index >= 15 is 0 Å². The number of ether oxygens (including phenoxy) is 2. The maximum atomic E-state index is 12.1. The molecule has 1 heterocycles. The second-order valence-electron chi connectivity index (χ2n) is 6.21. The maximum absolute atomic E-state index is 12.1. The van der Waals surface area contributed by atoms with Crippen LogP contribution < -0.4 is 14.9 Å². The molecule has 0 fully saturated rings. The van der Waals surface area contributed by atoms with Crippen LogP contribution in [0.2, 0.25) is 0 Å². The second-order valence-corrected chi connectivity index (χ2v) is 8.29. The molecule has 156 valence electrons. The van der Waals surface area contributed by atoms with Crippen LogP contribution in [0.15, 0.2) is 63.4 Å². The third-order valence-electron chi connectivity index (χ3n) is 3.93. The lowest BCUT2D eigenvalue weighted by Gasteiger charge is -2.10. The van der Waals surface area contributed by atoms with Gasteiger partial charge < -0.3 is 9.47 Å². The molecule has 0 bridgehead atoms. The molecule has 0 saturated carbocycles. The monoisotopic (exact) mass is 441 g/mol. The maximum Gasteiger partial charge on any atom is 0.250 e. The van der Waals surface area contributed by atoms with Crippen molar-refractivity contribution >= 4 is 35.2 Å². The number of nitrogens with one attached hydrogen (secondary N) is 1. The van der Waals surface area contributed by atoms with Gasteiger partial charge in [0, 0.05) is 10.9 Å². The molecule has 0 aliphatic rings. The summed E-state index contributed by atoms with van der Waals surface area (Å²) in [5, 5.41) is 6.02. The van der Waals surface area contributed by atoms with Gasteiger partial charge in [-0.25, -0.2) is 10.4 Å². The number of benzene rings is 2. The number of rotatable bonds is 10. The number of thioether (sulfide) groups is 1. The molecule has 8 heteroatoms. The van der Waals surface area contributed by atoms with E-state index in [0.29, 0.717) is 18.1 Å². The van der Waals surface area contributed by atoms with E-state index < -0.39 is 0 Å². The Kier molecular flexibility index (Phi) is 8.29. The van der Waals surface area contributed by atoms with Gasteiger partial charge in [0.2, 0.25) is 0 Å². The molecule has 1 aromatic heterocycles. The largest absolute Gasteiger partial charge is 0.493 e. The third-order valence-corrected chi connectivity index (χ3v) is 5.95. The molecule has 0 aliphatic heterocycles. The van der Waals surface area contributed by atoms with Gasteiger partial charge in [-0.2, -0.15) is 5.10 Å². The van der Waals surface area contributed by atoms with Gasteiger partial charge in [0.15, 0.2) is 15.8 Å². The molecule has 0 unspecified atom stereocenters. The number of aromatic nitrogens is 1. The van der Waals surface area contributed by atoms with Gasteiger partial charge in [0.1, 0.15) is 0 Å². The summed E-state index contributed by atoms with van der Waals surface area (Å²) in [7, 11) is 1.59. The highest BCUT2D eigenvalue weighted by Crippen LogP contribution is 2.28. The van der Waals surface area contributed by atoms with E-state index in [1.165, 1.54) is 23.1 Å². The first-order chi connectivity index (χ1) is 14.7. The van der Waals surface area contributed by atoms with E-state index in [4.69, 9.17) is 9.47 Å². The first-order valence-corrected chi connectivity index (χ1v) is 11.3. The van der Waals surface area contributed by atoms with Crippen LogP contribution in [0.4, 0.5) is 0 Å². The minimum atomic E-state index is -0.192. The Morgan fingerprint density at radius 1 is 1.23 bits per heavy atom. The molecule has 0 spiro atoms. The standard InChI is InChI=1S/C22H23N3O3S2/c1-3-11-28-19-10-9-16(12-20(19)27-2)13-23-25-21(26)15-30-22-24-18(14-29-22)17-7-5-4-6-8-17/h4-10,12-14H,3,11,15H2,1-2H3,(H,25,26)/b23-13+. The van der Waals surface area contributed by atoms with E-state index in [1.807, 2.05) is 60.8 Å². The highest BCUT2D eigenvalue weighted by molar-refractivity contribution is 8.01. The first-order valence-electron chi connectivity index (χ1n) is 9.46. The fourth-order valence-corrected chi connectivity index (χ4v) is 4.13. The van der Waals surface area contributed by atoms with Crippen LogP contribution in [0.5, 0.6) is 11.5 Å². The zero-order valence-electron chi connectivity index (χ0n) is 16.8. The van der Waals surface area contributed by atoms with Crippen molar-refractivity contribution < 1.29 is 14.3 Å². The lowest BCUT2D eigenvalue weighted by atomic mass is 10.2. The van der Waals surface area contributed by atoms with Crippen molar-refractivity contribution in [3.8, 4) is 22.8 Å². The minimum Gasteiger partial charge on any atom is -0.493 e. The Balaban J connectivity index is 1.49. The quantitative estimate of drug-likeness (QED) is 0.277. The van der Waals surface area contributed by atoms with Gasteiger partial charge in [-0.15, -0.1) is 11.3 Å². The van der Waals surface area contributed by atoms with Gasteiger partial charge in [-0.1, -0.05) is 49.0 Å². The highest BCUT2D eigenvalue weighted by Gasteiger charge is 2.08. The summed E-state index contributed by atoms with van der Waals surface area (Å²) < 4.78 is 11.8. The average Bonchev–Trinajstić information content (AvgIpc) is 3.26. The Morgan fingerprint density at radius 2 is 2.07 bits per heavy atom. The molecule has 2 aromatic carbocycles. The normalized spacial score (nSPS) is 10.9. The molecule has 6 nitrogen and oxygen atoms in total. The van der Waals surface area contributed by atoms with Gasteiger partial charge in [0.25, 0.3) is 5.91 Å². The molecule has 1 N–H and O–H groups in total. The Morgan fingerprint density at radius 3 is 2.83 bits per heavy atom. The predicted molar refractivity (Wildman–Crippen MR) is 123 cm³/mol.